The molecule has 106 valence electrons. The maximum atomic E-state index is 4.29. The molecular weight excluding hydrogens is 238 g/mol. The van der Waals surface area contributed by atoms with E-state index in [2.05, 4.69) is 33.7 Å². The Morgan fingerprint density at radius 3 is 2.89 bits per heavy atom. The molecule has 0 aliphatic heterocycles. The summed E-state index contributed by atoms with van der Waals surface area (Å²) in [6, 6.07) is 0.438. The molecule has 0 radical (unpaired) electrons. The number of aryl methyl sites for hydroxylation is 1. The van der Waals surface area contributed by atoms with E-state index in [1.807, 2.05) is 7.05 Å². The fourth-order valence-corrected chi connectivity index (χ4v) is 2.60. The van der Waals surface area contributed by atoms with Gasteiger partial charge < -0.3 is 5.32 Å². The lowest BCUT2D eigenvalue weighted by atomic mass is 9.93. The molecule has 19 heavy (non-hydrogen) atoms. The number of hydrogen-bond acceptors (Lipinski definition) is 4. The standard InChI is InChI=1S/C14H25N5/c1-3-9-15-13(10-12-7-5-4-6-8-12)11-14-16-18-19(2)17-14/h7,13,15H,3-6,8-11H2,1-2H3. The average Bonchev–Trinajstić information content (AvgIpc) is 2.82. The minimum Gasteiger partial charge on any atom is -0.313 e. The van der Waals surface area contributed by atoms with Gasteiger partial charge in [0.25, 0.3) is 0 Å². The Bertz CT molecular complexity index is 410. The van der Waals surface area contributed by atoms with Crippen molar-refractivity contribution in [3.8, 4) is 0 Å². The molecule has 1 aliphatic rings. The molecule has 1 aliphatic carbocycles. The van der Waals surface area contributed by atoms with Gasteiger partial charge in [0, 0.05) is 12.5 Å². The molecule has 0 fully saturated rings. The Balaban J connectivity index is 1.92. The first kappa shape index (κ1) is 14.2. The number of nitrogens with one attached hydrogen (secondary N) is 1. The molecule has 1 heterocycles. The van der Waals surface area contributed by atoms with E-state index < -0.39 is 0 Å². The monoisotopic (exact) mass is 263 g/mol. The molecular formula is C14H25N5. The maximum absolute atomic E-state index is 4.29. The summed E-state index contributed by atoms with van der Waals surface area (Å²) in [5.41, 5.74) is 1.60. The number of aromatic nitrogens is 4. The summed E-state index contributed by atoms with van der Waals surface area (Å²) in [6.07, 6.45) is 10.8. The van der Waals surface area contributed by atoms with Crippen LogP contribution in [-0.2, 0) is 13.5 Å². The Morgan fingerprint density at radius 1 is 1.37 bits per heavy atom. The van der Waals surface area contributed by atoms with Crippen LogP contribution in [0.1, 0.15) is 51.3 Å². The van der Waals surface area contributed by atoms with Gasteiger partial charge in [-0.15, -0.1) is 10.2 Å². The lowest BCUT2D eigenvalue weighted by Crippen LogP contribution is -2.32. The fourth-order valence-electron chi connectivity index (χ4n) is 2.60. The van der Waals surface area contributed by atoms with Crippen LogP contribution in [-0.4, -0.2) is 32.8 Å². The Kier molecular flexibility index (Phi) is 5.51. The van der Waals surface area contributed by atoms with E-state index >= 15 is 0 Å². The smallest absolute Gasteiger partial charge is 0.176 e. The van der Waals surface area contributed by atoms with Gasteiger partial charge >= 0.3 is 0 Å². The molecule has 1 atom stereocenters. The normalized spacial score (nSPS) is 17.3. The van der Waals surface area contributed by atoms with E-state index in [-0.39, 0.29) is 0 Å². The molecule has 1 aromatic heterocycles. The number of rotatable bonds is 7. The van der Waals surface area contributed by atoms with Crippen LogP contribution < -0.4 is 5.32 Å². The summed E-state index contributed by atoms with van der Waals surface area (Å²) in [5.74, 6) is 0.840. The predicted octanol–water partition coefficient (Wildman–Crippen LogP) is 2.01. The lowest BCUT2D eigenvalue weighted by molar-refractivity contribution is 0.481. The zero-order valence-electron chi connectivity index (χ0n) is 12.1. The average molecular weight is 263 g/mol. The van der Waals surface area contributed by atoms with Gasteiger partial charge in [0.15, 0.2) is 5.82 Å². The van der Waals surface area contributed by atoms with Crippen LogP contribution in [0.15, 0.2) is 11.6 Å². The van der Waals surface area contributed by atoms with Gasteiger partial charge in [0.05, 0.1) is 7.05 Å². The molecule has 5 heteroatoms. The number of allylic oxidation sites excluding steroid dienone is 1. The Hall–Kier alpha value is -1.23. The van der Waals surface area contributed by atoms with Crippen LogP contribution in [0.25, 0.3) is 0 Å². The van der Waals surface area contributed by atoms with Gasteiger partial charge in [0.1, 0.15) is 0 Å². The minimum absolute atomic E-state index is 0.438. The fraction of sp³-hybridized carbons (Fsp3) is 0.786. The van der Waals surface area contributed by atoms with Gasteiger partial charge in [-0.05, 0) is 50.3 Å². The Labute approximate surface area is 115 Å². The van der Waals surface area contributed by atoms with Crippen LogP contribution in [0.5, 0.6) is 0 Å². The second-order valence-corrected chi connectivity index (χ2v) is 5.36. The van der Waals surface area contributed by atoms with Crippen molar-refractivity contribution in [3.63, 3.8) is 0 Å². The Morgan fingerprint density at radius 2 is 2.26 bits per heavy atom. The highest BCUT2D eigenvalue weighted by Gasteiger charge is 2.15. The van der Waals surface area contributed by atoms with E-state index in [4.69, 9.17) is 0 Å². The zero-order valence-corrected chi connectivity index (χ0v) is 12.1. The molecule has 5 nitrogen and oxygen atoms in total. The molecule has 1 unspecified atom stereocenters. The van der Waals surface area contributed by atoms with Crippen LogP contribution in [0.3, 0.4) is 0 Å². The van der Waals surface area contributed by atoms with Crippen molar-refractivity contribution in [2.75, 3.05) is 6.54 Å². The molecule has 0 saturated carbocycles. The van der Waals surface area contributed by atoms with Crippen LogP contribution in [0.2, 0.25) is 0 Å². The number of nitrogens with zero attached hydrogens (tertiary/aromatic N) is 4. The van der Waals surface area contributed by atoms with Crippen molar-refractivity contribution < 1.29 is 0 Å². The third kappa shape index (κ3) is 4.74. The van der Waals surface area contributed by atoms with E-state index in [1.165, 1.54) is 30.5 Å². The van der Waals surface area contributed by atoms with Crippen LogP contribution >= 0.6 is 0 Å². The summed E-state index contributed by atoms with van der Waals surface area (Å²) >= 11 is 0. The van der Waals surface area contributed by atoms with Crippen molar-refractivity contribution in [2.45, 2.75) is 57.9 Å². The summed E-state index contributed by atoms with van der Waals surface area (Å²) in [5, 5.41) is 15.9. The summed E-state index contributed by atoms with van der Waals surface area (Å²) in [7, 11) is 1.81. The minimum atomic E-state index is 0.438. The molecule has 1 aromatic rings. The highest BCUT2D eigenvalue weighted by molar-refractivity contribution is 5.08. The molecule has 0 aromatic carbocycles. The van der Waals surface area contributed by atoms with Crippen molar-refractivity contribution in [3.05, 3.63) is 17.5 Å². The van der Waals surface area contributed by atoms with Gasteiger partial charge in [0.2, 0.25) is 0 Å². The largest absolute Gasteiger partial charge is 0.313 e. The van der Waals surface area contributed by atoms with Crippen molar-refractivity contribution in [1.29, 1.82) is 0 Å². The SMILES string of the molecule is CCCNC(CC1=CCCCC1)Cc1nnn(C)n1. The first-order valence-corrected chi connectivity index (χ1v) is 7.42. The molecule has 0 saturated heterocycles. The van der Waals surface area contributed by atoms with Crippen molar-refractivity contribution in [1.82, 2.24) is 25.5 Å². The van der Waals surface area contributed by atoms with Gasteiger partial charge in [-0.2, -0.15) is 4.80 Å². The molecule has 0 spiro atoms. The van der Waals surface area contributed by atoms with E-state index in [0.29, 0.717) is 6.04 Å². The van der Waals surface area contributed by atoms with Gasteiger partial charge in [-0.25, -0.2) is 0 Å². The van der Waals surface area contributed by atoms with Crippen LogP contribution in [0, 0.1) is 0 Å². The molecule has 2 rings (SSSR count). The maximum Gasteiger partial charge on any atom is 0.176 e. The van der Waals surface area contributed by atoms with Crippen LogP contribution in [0.4, 0.5) is 0 Å². The quantitative estimate of drug-likeness (QED) is 0.765. The van der Waals surface area contributed by atoms with E-state index in [1.54, 1.807) is 5.57 Å². The first-order chi connectivity index (χ1) is 9.28. The van der Waals surface area contributed by atoms with Crippen molar-refractivity contribution >= 4 is 0 Å². The summed E-state index contributed by atoms with van der Waals surface area (Å²) in [6.45, 7) is 3.25. The zero-order chi connectivity index (χ0) is 13.5. The highest BCUT2D eigenvalue weighted by Crippen LogP contribution is 2.22. The highest BCUT2D eigenvalue weighted by atomic mass is 15.6. The van der Waals surface area contributed by atoms with Gasteiger partial charge in [-0.1, -0.05) is 18.6 Å². The third-order valence-corrected chi connectivity index (χ3v) is 3.56. The second-order valence-electron chi connectivity index (χ2n) is 5.36. The number of hydrogen-bond donors (Lipinski definition) is 1. The molecule has 0 bridgehead atoms. The molecule has 1 N–H and O–H groups in total. The first-order valence-electron chi connectivity index (χ1n) is 7.42. The van der Waals surface area contributed by atoms with E-state index in [9.17, 15) is 0 Å². The summed E-state index contributed by atoms with van der Waals surface area (Å²) in [4.78, 5) is 1.53. The molecule has 0 amide bonds. The topological polar surface area (TPSA) is 55.6 Å². The summed E-state index contributed by atoms with van der Waals surface area (Å²) < 4.78 is 0. The van der Waals surface area contributed by atoms with E-state index in [0.717, 1.165) is 31.6 Å². The number of tetrazole rings is 1. The predicted molar refractivity (Wildman–Crippen MR) is 75.8 cm³/mol. The second kappa shape index (κ2) is 7.38. The third-order valence-electron chi connectivity index (χ3n) is 3.56. The lowest BCUT2D eigenvalue weighted by Gasteiger charge is -2.20. The van der Waals surface area contributed by atoms with Crippen molar-refractivity contribution in [2.24, 2.45) is 7.05 Å². The van der Waals surface area contributed by atoms with Gasteiger partial charge in [-0.3, -0.25) is 0 Å².